The summed E-state index contributed by atoms with van der Waals surface area (Å²) in [6, 6.07) is 6.73. The minimum atomic E-state index is 0.331. The second kappa shape index (κ2) is 4.19. The lowest BCUT2D eigenvalue weighted by Crippen LogP contribution is -1.93. The third-order valence-electron chi connectivity index (χ3n) is 2.27. The first kappa shape index (κ1) is 10.6. The number of hydrogen-bond acceptors (Lipinski definition) is 1. The molecule has 0 aliphatic rings. The maximum Gasteiger partial charge on any atom is 0.0239 e. The van der Waals surface area contributed by atoms with Crippen LogP contribution in [-0.2, 0) is 0 Å². The highest BCUT2D eigenvalue weighted by atomic mass is 32.1. The Labute approximate surface area is 86.8 Å². The van der Waals surface area contributed by atoms with E-state index in [0.29, 0.717) is 11.2 Å². The molecule has 0 saturated carbocycles. The second-order valence-electron chi connectivity index (χ2n) is 4.01. The van der Waals surface area contributed by atoms with E-state index in [4.69, 9.17) is 0 Å². The third kappa shape index (κ3) is 2.77. The summed E-state index contributed by atoms with van der Waals surface area (Å²) in [5, 5.41) is 0.331. The predicted molar refractivity (Wildman–Crippen MR) is 62.7 cm³/mol. The number of aryl methyl sites for hydroxylation is 1. The molecule has 0 aliphatic carbocycles. The minimum Gasteiger partial charge on any atom is -0.171 e. The molecule has 1 rings (SSSR count). The van der Waals surface area contributed by atoms with Gasteiger partial charge in [-0.2, -0.15) is 12.6 Å². The Morgan fingerprint density at radius 3 is 2.00 bits per heavy atom. The summed E-state index contributed by atoms with van der Waals surface area (Å²) in [5.41, 5.74) is 4.07. The molecule has 1 heteroatoms. The lowest BCUT2D eigenvalue weighted by Gasteiger charge is -2.12. The number of thiol groups is 1. The van der Waals surface area contributed by atoms with Crippen molar-refractivity contribution in [3.05, 3.63) is 34.9 Å². The predicted octanol–water partition coefficient (Wildman–Crippen LogP) is 4.11. The Hall–Kier alpha value is -0.430. The molecular formula is C12H18S. The van der Waals surface area contributed by atoms with E-state index in [0.717, 1.165) is 0 Å². The molecule has 0 fully saturated rings. The van der Waals surface area contributed by atoms with Crippen molar-refractivity contribution in [2.45, 2.75) is 38.9 Å². The maximum atomic E-state index is 4.45. The zero-order valence-electron chi connectivity index (χ0n) is 8.83. The summed E-state index contributed by atoms with van der Waals surface area (Å²) in [4.78, 5) is 0. The van der Waals surface area contributed by atoms with E-state index in [1.165, 1.54) is 16.7 Å². The van der Waals surface area contributed by atoms with Crippen LogP contribution in [0.2, 0.25) is 0 Å². The first-order chi connectivity index (χ1) is 6.00. The van der Waals surface area contributed by atoms with Gasteiger partial charge in [0.2, 0.25) is 0 Å². The molecule has 0 N–H and O–H groups in total. The van der Waals surface area contributed by atoms with Crippen LogP contribution in [0.25, 0.3) is 0 Å². The largest absolute Gasteiger partial charge is 0.171 e. The smallest absolute Gasteiger partial charge is 0.0239 e. The zero-order valence-corrected chi connectivity index (χ0v) is 9.73. The molecule has 72 valence electrons. The fourth-order valence-corrected chi connectivity index (χ4v) is 1.57. The van der Waals surface area contributed by atoms with Crippen molar-refractivity contribution in [2.24, 2.45) is 0 Å². The van der Waals surface area contributed by atoms with Gasteiger partial charge in [-0.05, 0) is 30.9 Å². The topological polar surface area (TPSA) is 0 Å². The lowest BCUT2D eigenvalue weighted by atomic mass is 9.97. The molecule has 1 atom stereocenters. The van der Waals surface area contributed by atoms with Crippen molar-refractivity contribution < 1.29 is 0 Å². The van der Waals surface area contributed by atoms with Crippen LogP contribution >= 0.6 is 12.6 Å². The van der Waals surface area contributed by atoms with Crippen LogP contribution < -0.4 is 0 Å². The normalized spacial score (nSPS) is 13.4. The van der Waals surface area contributed by atoms with Crippen LogP contribution in [-0.4, -0.2) is 0 Å². The van der Waals surface area contributed by atoms with Crippen LogP contribution in [0.5, 0.6) is 0 Å². The Kier molecular flexibility index (Phi) is 3.43. The van der Waals surface area contributed by atoms with Crippen molar-refractivity contribution in [3.63, 3.8) is 0 Å². The number of hydrogen-bond donors (Lipinski definition) is 1. The number of benzene rings is 1. The molecule has 0 amide bonds. The van der Waals surface area contributed by atoms with E-state index in [9.17, 15) is 0 Å². The van der Waals surface area contributed by atoms with E-state index >= 15 is 0 Å². The van der Waals surface area contributed by atoms with Crippen LogP contribution in [0.15, 0.2) is 18.2 Å². The van der Waals surface area contributed by atoms with E-state index in [1.54, 1.807) is 0 Å². The molecule has 13 heavy (non-hydrogen) atoms. The van der Waals surface area contributed by atoms with Gasteiger partial charge < -0.3 is 0 Å². The highest BCUT2D eigenvalue weighted by Crippen LogP contribution is 2.24. The first-order valence-corrected chi connectivity index (χ1v) is 5.32. The lowest BCUT2D eigenvalue weighted by molar-refractivity contribution is 0.859. The van der Waals surface area contributed by atoms with Crippen molar-refractivity contribution in [2.75, 3.05) is 0 Å². The molecule has 0 spiro atoms. The fourth-order valence-electron chi connectivity index (χ4n) is 1.42. The van der Waals surface area contributed by atoms with Gasteiger partial charge in [0.15, 0.2) is 0 Å². The van der Waals surface area contributed by atoms with Gasteiger partial charge >= 0.3 is 0 Å². The molecule has 0 nitrogen and oxygen atoms in total. The molecule has 1 aromatic carbocycles. The molecule has 1 unspecified atom stereocenters. The van der Waals surface area contributed by atoms with Crippen molar-refractivity contribution >= 4 is 12.6 Å². The first-order valence-electron chi connectivity index (χ1n) is 4.80. The molecule has 0 saturated heterocycles. The van der Waals surface area contributed by atoms with Gasteiger partial charge in [0.1, 0.15) is 0 Å². The van der Waals surface area contributed by atoms with Gasteiger partial charge in [-0.3, -0.25) is 0 Å². The van der Waals surface area contributed by atoms with Crippen LogP contribution in [0.3, 0.4) is 0 Å². The molecule has 1 aromatic rings. The highest BCUT2D eigenvalue weighted by Gasteiger charge is 2.05. The fraction of sp³-hybridized carbons (Fsp3) is 0.500. The number of rotatable bonds is 2. The molecule has 0 bridgehead atoms. The van der Waals surface area contributed by atoms with Crippen LogP contribution in [0, 0.1) is 6.92 Å². The summed E-state index contributed by atoms with van der Waals surface area (Å²) >= 11 is 4.45. The Morgan fingerprint density at radius 1 is 1.00 bits per heavy atom. The molecule has 0 heterocycles. The average molecular weight is 194 g/mol. The van der Waals surface area contributed by atoms with Gasteiger partial charge in [0.05, 0.1) is 0 Å². The highest BCUT2D eigenvalue weighted by molar-refractivity contribution is 7.80. The van der Waals surface area contributed by atoms with E-state index in [2.05, 4.69) is 58.5 Å². The average Bonchev–Trinajstić information content (AvgIpc) is 2.03. The Balaban J connectivity index is 3.11. The van der Waals surface area contributed by atoms with E-state index in [1.807, 2.05) is 0 Å². The summed E-state index contributed by atoms with van der Waals surface area (Å²) in [6.07, 6.45) is 0. The van der Waals surface area contributed by atoms with Gasteiger partial charge in [-0.25, -0.2) is 0 Å². The maximum absolute atomic E-state index is 4.45. The summed E-state index contributed by atoms with van der Waals surface area (Å²) in [7, 11) is 0. The third-order valence-corrected chi connectivity index (χ3v) is 2.57. The van der Waals surface area contributed by atoms with E-state index in [-0.39, 0.29) is 0 Å². The molecule has 0 radical (unpaired) electrons. The van der Waals surface area contributed by atoms with Crippen molar-refractivity contribution in [1.29, 1.82) is 0 Å². The Morgan fingerprint density at radius 2 is 1.54 bits per heavy atom. The second-order valence-corrected chi connectivity index (χ2v) is 4.78. The summed E-state index contributed by atoms with van der Waals surface area (Å²) in [5.74, 6) is 0.603. The summed E-state index contributed by atoms with van der Waals surface area (Å²) in [6.45, 7) is 8.71. The Bertz CT molecular complexity index is 261. The molecular weight excluding hydrogens is 176 g/mol. The van der Waals surface area contributed by atoms with Gasteiger partial charge in [0, 0.05) is 5.25 Å². The molecule has 0 aromatic heterocycles. The minimum absolute atomic E-state index is 0.331. The van der Waals surface area contributed by atoms with Gasteiger partial charge in [0.25, 0.3) is 0 Å². The van der Waals surface area contributed by atoms with Crippen LogP contribution in [0.4, 0.5) is 0 Å². The van der Waals surface area contributed by atoms with Crippen molar-refractivity contribution in [3.8, 4) is 0 Å². The van der Waals surface area contributed by atoms with Crippen molar-refractivity contribution in [1.82, 2.24) is 0 Å². The SMILES string of the molecule is Cc1cc(C(C)C)cc(C(C)S)c1. The zero-order chi connectivity index (χ0) is 10.0. The molecule has 0 aliphatic heterocycles. The van der Waals surface area contributed by atoms with Crippen LogP contribution in [0.1, 0.15) is 48.6 Å². The quantitative estimate of drug-likeness (QED) is 0.673. The summed E-state index contributed by atoms with van der Waals surface area (Å²) < 4.78 is 0. The van der Waals surface area contributed by atoms with E-state index < -0.39 is 0 Å². The van der Waals surface area contributed by atoms with Gasteiger partial charge in [-0.15, -0.1) is 0 Å². The monoisotopic (exact) mass is 194 g/mol. The van der Waals surface area contributed by atoms with Gasteiger partial charge in [-0.1, -0.05) is 37.6 Å². The standard InChI is InChI=1S/C12H18S/c1-8(2)11-5-9(3)6-12(7-11)10(4)13/h5-8,10,13H,1-4H3.